The van der Waals surface area contributed by atoms with Crippen LogP contribution in [0.15, 0.2) is 60.9 Å². The fourth-order valence-electron chi connectivity index (χ4n) is 2.80. The van der Waals surface area contributed by atoms with Crippen LogP contribution in [0.1, 0.15) is 16.1 Å². The molecule has 32 heavy (non-hydrogen) atoms. The lowest BCUT2D eigenvalue weighted by Crippen LogP contribution is -2.15. The molecule has 0 bridgehead atoms. The third-order valence-electron chi connectivity index (χ3n) is 4.37. The molecule has 2 aromatic carbocycles. The summed E-state index contributed by atoms with van der Waals surface area (Å²) in [5.74, 6) is -0.451. The number of benzene rings is 2. The van der Waals surface area contributed by atoms with Gasteiger partial charge in [0.15, 0.2) is 18.2 Å². The third kappa shape index (κ3) is 5.21. The van der Waals surface area contributed by atoms with Gasteiger partial charge in [-0.2, -0.15) is 10.2 Å². The van der Waals surface area contributed by atoms with Crippen LogP contribution >= 0.6 is 34.8 Å². The van der Waals surface area contributed by atoms with Gasteiger partial charge in [-0.05, 0) is 29.8 Å². The van der Waals surface area contributed by atoms with Crippen molar-refractivity contribution in [1.29, 1.82) is 0 Å². The van der Waals surface area contributed by atoms with Crippen LogP contribution in [-0.2, 0) is 13.3 Å². The summed E-state index contributed by atoms with van der Waals surface area (Å²) in [7, 11) is 0. The molecule has 0 atom stereocenters. The Morgan fingerprint density at radius 2 is 1.81 bits per heavy atom. The summed E-state index contributed by atoms with van der Waals surface area (Å²) in [6.45, 7) is 0.400. The molecule has 2 heterocycles. The molecule has 4 rings (SSSR count). The molecule has 4 aromatic rings. The van der Waals surface area contributed by atoms with E-state index < -0.39 is 11.7 Å². The molecule has 0 aliphatic rings. The van der Waals surface area contributed by atoms with Gasteiger partial charge in [-0.1, -0.05) is 53.0 Å². The summed E-state index contributed by atoms with van der Waals surface area (Å²) in [5.41, 5.74) is 1.01. The Morgan fingerprint density at radius 1 is 1.00 bits per heavy atom. The summed E-state index contributed by atoms with van der Waals surface area (Å²) in [4.78, 5) is 12.5. The zero-order valence-corrected chi connectivity index (χ0v) is 18.6. The molecule has 7 nitrogen and oxygen atoms in total. The molecule has 0 spiro atoms. The van der Waals surface area contributed by atoms with E-state index in [0.717, 1.165) is 5.56 Å². The Labute approximate surface area is 197 Å². The SMILES string of the molecule is O=C(Nc1nn(Cc2ccccc2Cl)cc1Cl)c1ccn(COc2ccc(F)c(Cl)c2)n1. The van der Waals surface area contributed by atoms with E-state index in [1.807, 2.05) is 18.2 Å². The second kappa shape index (κ2) is 9.60. The maximum Gasteiger partial charge on any atom is 0.277 e. The first kappa shape index (κ1) is 22.1. The molecule has 0 fully saturated rings. The molecule has 0 unspecified atom stereocenters. The lowest BCUT2D eigenvalue weighted by atomic mass is 10.2. The van der Waals surface area contributed by atoms with E-state index >= 15 is 0 Å². The van der Waals surface area contributed by atoms with Crippen molar-refractivity contribution in [2.45, 2.75) is 13.3 Å². The van der Waals surface area contributed by atoms with Crippen LogP contribution < -0.4 is 10.1 Å². The van der Waals surface area contributed by atoms with Crippen LogP contribution in [0.3, 0.4) is 0 Å². The largest absolute Gasteiger partial charge is 0.471 e. The van der Waals surface area contributed by atoms with E-state index in [9.17, 15) is 9.18 Å². The van der Waals surface area contributed by atoms with Crippen molar-refractivity contribution in [3.05, 3.63) is 93.1 Å². The van der Waals surface area contributed by atoms with E-state index in [4.69, 9.17) is 39.5 Å². The van der Waals surface area contributed by atoms with Crippen LogP contribution in [0.25, 0.3) is 0 Å². The fraction of sp³-hybridized carbons (Fsp3) is 0.0952. The number of hydrogen-bond acceptors (Lipinski definition) is 4. The number of ether oxygens (including phenoxy) is 1. The number of anilines is 1. The van der Waals surface area contributed by atoms with E-state index in [1.165, 1.54) is 28.9 Å². The summed E-state index contributed by atoms with van der Waals surface area (Å²) < 4.78 is 21.7. The first-order chi connectivity index (χ1) is 15.4. The van der Waals surface area contributed by atoms with E-state index in [0.29, 0.717) is 17.3 Å². The highest BCUT2D eigenvalue weighted by Crippen LogP contribution is 2.23. The Morgan fingerprint density at radius 3 is 2.59 bits per heavy atom. The van der Waals surface area contributed by atoms with Crippen LogP contribution in [0.4, 0.5) is 10.2 Å². The molecular formula is C21H15Cl3FN5O2. The van der Waals surface area contributed by atoms with Crippen molar-refractivity contribution >= 4 is 46.5 Å². The zero-order valence-electron chi connectivity index (χ0n) is 16.3. The van der Waals surface area contributed by atoms with E-state index in [2.05, 4.69) is 15.5 Å². The first-order valence-electron chi connectivity index (χ1n) is 9.28. The Kier molecular flexibility index (Phi) is 6.64. The van der Waals surface area contributed by atoms with Gasteiger partial charge >= 0.3 is 0 Å². The van der Waals surface area contributed by atoms with Crippen LogP contribution in [-0.4, -0.2) is 25.5 Å². The normalized spacial score (nSPS) is 10.9. The second-order valence-electron chi connectivity index (χ2n) is 6.66. The van der Waals surface area contributed by atoms with Crippen LogP contribution in [0, 0.1) is 5.82 Å². The van der Waals surface area contributed by atoms with Gasteiger partial charge < -0.3 is 10.1 Å². The molecule has 0 radical (unpaired) electrons. The van der Waals surface area contributed by atoms with Crippen LogP contribution in [0.5, 0.6) is 5.75 Å². The maximum atomic E-state index is 13.2. The van der Waals surface area contributed by atoms with Crippen molar-refractivity contribution in [3.8, 4) is 5.75 Å². The fourth-order valence-corrected chi connectivity index (χ4v) is 3.36. The standard InChI is InChI=1S/C21H15Cl3FN5O2/c22-15-4-2-1-3-13(15)10-30-11-17(24)20(28-30)26-21(31)19-7-8-29(27-19)12-32-14-5-6-18(25)16(23)9-14/h1-9,11H,10,12H2,(H,26,28,31). The van der Waals surface area contributed by atoms with E-state index in [-0.39, 0.29) is 28.3 Å². The quantitative estimate of drug-likeness (QED) is 0.367. The highest BCUT2D eigenvalue weighted by molar-refractivity contribution is 6.33. The zero-order chi connectivity index (χ0) is 22.7. The number of rotatable bonds is 7. The number of hydrogen-bond donors (Lipinski definition) is 1. The Hall–Kier alpha value is -3.07. The first-order valence-corrected chi connectivity index (χ1v) is 10.4. The van der Waals surface area contributed by atoms with Gasteiger partial charge in [0.1, 0.15) is 16.6 Å². The summed E-state index contributed by atoms with van der Waals surface area (Å²) in [6, 6.07) is 12.9. The number of nitrogens with zero attached hydrogens (tertiary/aromatic N) is 4. The molecule has 0 saturated carbocycles. The molecule has 0 saturated heterocycles. The van der Waals surface area contributed by atoms with Gasteiger partial charge in [-0.3, -0.25) is 9.48 Å². The Balaban J connectivity index is 1.38. The average molecular weight is 495 g/mol. The average Bonchev–Trinajstić information content (AvgIpc) is 3.37. The highest BCUT2D eigenvalue weighted by Gasteiger charge is 2.15. The number of nitrogens with one attached hydrogen (secondary N) is 1. The maximum absolute atomic E-state index is 13.2. The van der Waals surface area contributed by atoms with Gasteiger partial charge in [-0.15, -0.1) is 0 Å². The molecule has 1 amide bonds. The van der Waals surface area contributed by atoms with Crippen LogP contribution in [0.2, 0.25) is 15.1 Å². The van der Waals surface area contributed by atoms with Crippen molar-refractivity contribution < 1.29 is 13.9 Å². The molecule has 0 aliphatic heterocycles. The minimum atomic E-state index is -0.537. The summed E-state index contributed by atoms with van der Waals surface area (Å²) in [5, 5.41) is 11.9. The molecule has 11 heteroatoms. The summed E-state index contributed by atoms with van der Waals surface area (Å²) in [6.07, 6.45) is 3.17. The highest BCUT2D eigenvalue weighted by atomic mass is 35.5. The Bertz CT molecular complexity index is 1270. The van der Waals surface area contributed by atoms with Gasteiger partial charge in [0.2, 0.25) is 0 Å². The lowest BCUT2D eigenvalue weighted by molar-refractivity contribution is 0.101. The third-order valence-corrected chi connectivity index (χ3v) is 5.30. The minimum absolute atomic E-state index is 0.00244. The molecule has 1 N–H and O–H groups in total. The smallest absolute Gasteiger partial charge is 0.277 e. The number of carbonyl (C=O) groups is 1. The topological polar surface area (TPSA) is 74.0 Å². The van der Waals surface area contributed by atoms with Crippen molar-refractivity contribution in [3.63, 3.8) is 0 Å². The van der Waals surface area contributed by atoms with Gasteiger partial charge in [0.25, 0.3) is 5.91 Å². The van der Waals surface area contributed by atoms with Gasteiger partial charge in [-0.25, -0.2) is 9.07 Å². The summed E-state index contributed by atoms with van der Waals surface area (Å²) >= 11 is 18.1. The minimum Gasteiger partial charge on any atom is -0.471 e. The molecular weight excluding hydrogens is 480 g/mol. The van der Waals surface area contributed by atoms with Crippen molar-refractivity contribution in [2.75, 3.05) is 5.32 Å². The number of carbonyl (C=O) groups excluding carboxylic acids is 1. The monoisotopic (exact) mass is 493 g/mol. The lowest BCUT2D eigenvalue weighted by Gasteiger charge is -2.06. The van der Waals surface area contributed by atoms with Crippen molar-refractivity contribution in [1.82, 2.24) is 19.6 Å². The predicted molar refractivity (Wildman–Crippen MR) is 120 cm³/mol. The molecule has 2 aromatic heterocycles. The van der Waals surface area contributed by atoms with Crippen molar-refractivity contribution in [2.24, 2.45) is 0 Å². The second-order valence-corrected chi connectivity index (χ2v) is 7.88. The number of halogens is 4. The molecule has 164 valence electrons. The number of aromatic nitrogens is 4. The van der Waals surface area contributed by atoms with E-state index in [1.54, 1.807) is 23.1 Å². The number of amides is 1. The van der Waals surface area contributed by atoms with Gasteiger partial charge in [0.05, 0.1) is 11.6 Å². The van der Waals surface area contributed by atoms with Gasteiger partial charge in [0, 0.05) is 23.5 Å². The molecule has 0 aliphatic carbocycles. The predicted octanol–water partition coefficient (Wildman–Crippen LogP) is 5.52.